The Morgan fingerprint density at radius 3 is 2.45 bits per heavy atom. The standard InChI is InChI=1S/C18H19NO3/c1-3-17(22-16-10-5-4-6-11-16)18(21)19-15-9-7-8-14(12-15)13(2)20/h4-12,17H,3H2,1-2H3,(H,19,21)/t17-/m0/s1. The molecule has 0 radical (unpaired) electrons. The maximum Gasteiger partial charge on any atom is 0.265 e. The molecule has 114 valence electrons. The van der Waals surface area contributed by atoms with E-state index in [1.165, 1.54) is 6.92 Å². The van der Waals surface area contributed by atoms with Gasteiger partial charge in [0.25, 0.3) is 5.91 Å². The molecule has 2 rings (SSSR count). The molecule has 0 saturated heterocycles. The molecule has 4 heteroatoms. The summed E-state index contributed by atoms with van der Waals surface area (Å²) >= 11 is 0. The summed E-state index contributed by atoms with van der Waals surface area (Å²) in [6.45, 7) is 3.38. The fourth-order valence-corrected chi connectivity index (χ4v) is 2.02. The smallest absolute Gasteiger partial charge is 0.265 e. The van der Waals surface area contributed by atoms with Crippen LogP contribution in [0.2, 0.25) is 0 Å². The minimum absolute atomic E-state index is 0.0383. The Bertz CT molecular complexity index is 652. The molecule has 0 fully saturated rings. The van der Waals surface area contributed by atoms with E-state index >= 15 is 0 Å². The third-order valence-corrected chi connectivity index (χ3v) is 3.22. The molecule has 0 aliphatic heterocycles. The second-order valence-corrected chi connectivity index (χ2v) is 4.95. The molecule has 0 unspecified atom stereocenters. The summed E-state index contributed by atoms with van der Waals surface area (Å²) in [6, 6.07) is 16.1. The van der Waals surface area contributed by atoms with E-state index in [0.717, 1.165) is 0 Å². The Hall–Kier alpha value is -2.62. The van der Waals surface area contributed by atoms with Crippen LogP contribution in [0.25, 0.3) is 0 Å². The van der Waals surface area contributed by atoms with E-state index < -0.39 is 6.10 Å². The van der Waals surface area contributed by atoms with Gasteiger partial charge in [-0.15, -0.1) is 0 Å². The molecular formula is C18H19NO3. The van der Waals surface area contributed by atoms with Gasteiger partial charge in [0.05, 0.1) is 0 Å². The molecule has 22 heavy (non-hydrogen) atoms. The molecule has 4 nitrogen and oxygen atoms in total. The monoisotopic (exact) mass is 297 g/mol. The number of para-hydroxylation sites is 1. The number of nitrogens with one attached hydrogen (secondary N) is 1. The normalized spacial score (nSPS) is 11.5. The first-order chi connectivity index (χ1) is 10.6. The summed E-state index contributed by atoms with van der Waals surface area (Å²) in [5, 5.41) is 2.79. The lowest BCUT2D eigenvalue weighted by molar-refractivity contribution is -0.122. The van der Waals surface area contributed by atoms with Crippen molar-refractivity contribution in [3.05, 3.63) is 60.2 Å². The average Bonchev–Trinajstić information content (AvgIpc) is 2.53. The van der Waals surface area contributed by atoms with Gasteiger partial charge in [-0.25, -0.2) is 0 Å². The van der Waals surface area contributed by atoms with Crippen LogP contribution in [0.4, 0.5) is 5.69 Å². The lowest BCUT2D eigenvalue weighted by Gasteiger charge is -2.17. The summed E-state index contributed by atoms with van der Waals surface area (Å²) in [5.41, 5.74) is 1.16. The Morgan fingerprint density at radius 1 is 1.09 bits per heavy atom. The van der Waals surface area contributed by atoms with Crippen molar-refractivity contribution in [3.63, 3.8) is 0 Å². The first kappa shape index (κ1) is 15.8. The quantitative estimate of drug-likeness (QED) is 0.827. The van der Waals surface area contributed by atoms with Crippen LogP contribution < -0.4 is 10.1 Å². The SMILES string of the molecule is CC[C@H](Oc1ccccc1)C(=O)Nc1cccc(C(C)=O)c1. The van der Waals surface area contributed by atoms with Crippen LogP contribution >= 0.6 is 0 Å². The molecule has 0 aliphatic carbocycles. The number of hydrogen-bond donors (Lipinski definition) is 1. The predicted molar refractivity (Wildman–Crippen MR) is 86.2 cm³/mol. The van der Waals surface area contributed by atoms with Gasteiger partial charge >= 0.3 is 0 Å². The zero-order valence-electron chi connectivity index (χ0n) is 12.7. The van der Waals surface area contributed by atoms with Crippen molar-refractivity contribution in [3.8, 4) is 5.75 Å². The third kappa shape index (κ3) is 4.19. The molecular weight excluding hydrogens is 278 g/mol. The van der Waals surface area contributed by atoms with Crippen molar-refractivity contribution in [2.45, 2.75) is 26.4 Å². The van der Waals surface area contributed by atoms with Crippen LogP contribution in [0.1, 0.15) is 30.6 Å². The number of benzene rings is 2. The highest BCUT2D eigenvalue weighted by atomic mass is 16.5. The van der Waals surface area contributed by atoms with Crippen molar-refractivity contribution >= 4 is 17.4 Å². The average molecular weight is 297 g/mol. The molecule has 0 aromatic heterocycles. The highest BCUT2D eigenvalue weighted by molar-refractivity contribution is 5.98. The van der Waals surface area contributed by atoms with Crippen LogP contribution in [0.5, 0.6) is 5.75 Å². The van der Waals surface area contributed by atoms with Gasteiger partial charge in [0.15, 0.2) is 11.9 Å². The number of Topliss-reactive ketones (excluding diaryl/α,β-unsaturated/α-hetero) is 1. The van der Waals surface area contributed by atoms with Gasteiger partial charge in [-0.1, -0.05) is 37.3 Å². The van der Waals surface area contributed by atoms with Crippen molar-refractivity contribution in [2.75, 3.05) is 5.32 Å². The highest BCUT2D eigenvalue weighted by Gasteiger charge is 2.18. The van der Waals surface area contributed by atoms with Crippen molar-refractivity contribution in [1.29, 1.82) is 0 Å². The largest absolute Gasteiger partial charge is 0.481 e. The van der Waals surface area contributed by atoms with Gasteiger partial charge in [0.2, 0.25) is 0 Å². The van der Waals surface area contributed by atoms with Gasteiger partial charge in [0.1, 0.15) is 5.75 Å². The first-order valence-corrected chi connectivity index (χ1v) is 7.23. The Balaban J connectivity index is 2.06. The van der Waals surface area contributed by atoms with Crippen LogP contribution in [0, 0.1) is 0 Å². The van der Waals surface area contributed by atoms with E-state index in [0.29, 0.717) is 23.4 Å². The topological polar surface area (TPSA) is 55.4 Å². The second kappa shape index (κ2) is 7.41. The van der Waals surface area contributed by atoms with E-state index in [4.69, 9.17) is 4.74 Å². The molecule has 1 atom stereocenters. The summed E-state index contributed by atoms with van der Waals surface area (Å²) in [4.78, 5) is 23.7. The van der Waals surface area contributed by atoms with E-state index in [1.807, 2.05) is 37.3 Å². The van der Waals surface area contributed by atoms with Gasteiger partial charge in [-0.05, 0) is 37.6 Å². The number of anilines is 1. The van der Waals surface area contributed by atoms with E-state index in [9.17, 15) is 9.59 Å². The summed E-state index contributed by atoms with van der Waals surface area (Å²) in [6.07, 6.45) is -0.0315. The Kier molecular flexibility index (Phi) is 5.31. The van der Waals surface area contributed by atoms with Gasteiger partial charge in [0, 0.05) is 11.3 Å². The molecule has 0 bridgehead atoms. The summed E-state index contributed by atoms with van der Waals surface area (Å²) in [5.74, 6) is 0.387. The second-order valence-electron chi connectivity index (χ2n) is 4.95. The Morgan fingerprint density at radius 2 is 1.82 bits per heavy atom. The molecule has 0 saturated carbocycles. The van der Waals surface area contributed by atoms with Crippen LogP contribution in [0.15, 0.2) is 54.6 Å². The lowest BCUT2D eigenvalue weighted by atomic mass is 10.1. The first-order valence-electron chi connectivity index (χ1n) is 7.23. The molecule has 2 aromatic rings. The number of hydrogen-bond acceptors (Lipinski definition) is 3. The summed E-state index contributed by atoms with van der Waals surface area (Å²) in [7, 11) is 0. The molecule has 1 N–H and O–H groups in total. The Labute approximate surface area is 130 Å². The minimum Gasteiger partial charge on any atom is -0.481 e. The minimum atomic E-state index is -0.580. The number of rotatable bonds is 6. The highest BCUT2D eigenvalue weighted by Crippen LogP contribution is 2.15. The molecule has 2 aromatic carbocycles. The van der Waals surface area contributed by atoms with Crippen LogP contribution in [0.3, 0.4) is 0 Å². The number of amides is 1. The lowest BCUT2D eigenvalue weighted by Crippen LogP contribution is -2.32. The maximum absolute atomic E-state index is 12.3. The van der Waals surface area contributed by atoms with E-state index in [-0.39, 0.29) is 11.7 Å². The number of ether oxygens (including phenoxy) is 1. The molecule has 0 aliphatic rings. The van der Waals surface area contributed by atoms with Gasteiger partial charge < -0.3 is 10.1 Å². The van der Waals surface area contributed by atoms with E-state index in [2.05, 4.69) is 5.32 Å². The van der Waals surface area contributed by atoms with Crippen LogP contribution in [-0.2, 0) is 4.79 Å². The van der Waals surface area contributed by atoms with Crippen molar-refractivity contribution in [1.82, 2.24) is 0 Å². The third-order valence-electron chi connectivity index (χ3n) is 3.22. The zero-order valence-corrected chi connectivity index (χ0v) is 12.7. The van der Waals surface area contributed by atoms with Crippen molar-refractivity contribution in [2.24, 2.45) is 0 Å². The molecule has 1 amide bonds. The van der Waals surface area contributed by atoms with Crippen LogP contribution in [-0.4, -0.2) is 17.8 Å². The maximum atomic E-state index is 12.3. The molecule has 0 spiro atoms. The van der Waals surface area contributed by atoms with Gasteiger partial charge in [-0.2, -0.15) is 0 Å². The number of ketones is 1. The fraction of sp³-hybridized carbons (Fsp3) is 0.222. The predicted octanol–water partition coefficient (Wildman–Crippen LogP) is 3.69. The molecule has 0 heterocycles. The summed E-state index contributed by atoms with van der Waals surface area (Å²) < 4.78 is 5.70. The fourth-order valence-electron chi connectivity index (χ4n) is 2.02. The zero-order chi connectivity index (χ0) is 15.9. The van der Waals surface area contributed by atoms with Crippen molar-refractivity contribution < 1.29 is 14.3 Å². The number of carbonyl (C=O) groups is 2. The van der Waals surface area contributed by atoms with E-state index in [1.54, 1.807) is 24.3 Å². The number of carbonyl (C=O) groups excluding carboxylic acids is 2. The van der Waals surface area contributed by atoms with Gasteiger partial charge in [-0.3, -0.25) is 9.59 Å².